The Bertz CT molecular complexity index is 822. The second kappa shape index (κ2) is 7.51. The third kappa shape index (κ3) is 3.42. The quantitative estimate of drug-likeness (QED) is 0.610. The van der Waals surface area contributed by atoms with Crippen LogP contribution in [-0.2, 0) is 4.43 Å². The van der Waals surface area contributed by atoms with E-state index in [2.05, 4.69) is 92.9 Å². The van der Waals surface area contributed by atoms with Crippen LogP contribution in [-0.4, -0.2) is 49.7 Å². The van der Waals surface area contributed by atoms with Crippen molar-refractivity contribution in [3.63, 3.8) is 0 Å². The predicted octanol–water partition coefficient (Wildman–Crippen LogP) is 3.33. The third-order valence-corrected chi connectivity index (χ3v) is 11.8. The zero-order chi connectivity index (χ0) is 20.7. The summed E-state index contributed by atoms with van der Waals surface area (Å²) in [5, 5.41) is 12.8. The van der Waals surface area contributed by atoms with E-state index in [-0.39, 0.29) is 23.3 Å². The normalized spacial score (nSPS) is 25.4. The van der Waals surface area contributed by atoms with E-state index in [4.69, 9.17) is 4.43 Å². The molecule has 2 fully saturated rings. The van der Waals surface area contributed by atoms with Crippen molar-refractivity contribution in [1.82, 2.24) is 4.90 Å². The van der Waals surface area contributed by atoms with Crippen molar-refractivity contribution < 1.29 is 9.53 Å². The molecule has 2 heterocycles. The average molecular weight is 408 g/mol. The van der Waals surface area contributed by atoms with Crippen LogP contribution in [0.5, 0.6) is 0 Å². The van der Waals surface area contributed by atoms with Gasteiger partial charge in [-0.15, -0.1) is 0 Å². The van der Waals surface area contributed by atoms with Gasteiger partial charge in [-0.25, -0.2) is 0 Å². The van der Waals surface area contributed by atoms with Gasteiger partial charge in [0.25, 0.3) is 8.32 Å². The number of aliphatic hydroxyl groups is 1. The minimum atomic E-state index is -2.56. The largest absolute Gasteiger partial charge is 0.403 e. The fourth-order valence-corrected chi connectivity index (χ4v) is 10.2. The second-order valence-electron chi connectivity index (χ2n) is 9.80. The van der Waals surface area contributed by atoms with Crippen molar-refractivity contribution in [3.8, 4) is 0 Å². The SMILES string of the molecule is C=C1CN2C[C@H](O[Si](c3ccccc3)(c3ccccc3)C(C)(C)C)C[C@@]2(CO)C1. The van der Waals surface area contributed by atoms with Crippen molar-refractivity contribution in [3.05, 3.63) is 72.8 Å². The number of fused-ring (bicyclic) bond motifs is 1. The molecular weight excluding hydrogens is 374 g/mol. The second-order valence-corrected chi connectivity index (χ2v) is 14.0. The Balaban J connectivity index is 1.77. The van der Waals surface area contributed by atoms with Gasteiger partial charge >= 0.3 is 0 Å². The van der Waals surface area contributed by atoms with Gasteiger partial charge < -0.3 is 9.53 Å². The first-order chi connectivity index (χ1) is 13.8. The van der Waals surface area contributed by atoms with Crippen LogP contribution in [0.15, 0.2) is 72.8 Å². The molecule has 2 aliphatic heterocycles. The molecule has 0 unspecified atom stereocenters. The van der Waals surface area contributed by atoms with E-state index in [1.54, 1.807) is 0 Å². The molecule has 0 bridgehead atoms. The van der Waals surface area contributed by atoms with Gasteiger partial charge in [0, 0.05) is 13.1 Å². The highest BCUT2D eigenvalue weighted by atomic mass is 28.4. The van der Waals surface area contributed by atoms with Crippen LogP contribution in [0, 0.1) is 0 Å². The number of hydrogen-bond donors (Lipinski definition) is 1. The molecule has 0 radical (unpaired) electrons. The lowest BCUT2D eigenvalue weighted by Crippen LogP contribution is -2.67. The number of benzene rings is 2. The van der Waals surface area contributed by atoms with Crippen LogP contribution in [0.3, 0.4) is 0 Å². The molecule has 4 heteroatoms. The number of nitrogens with zero attached hydrogens (tertiary/aromatic N) is 1. The van der Waals surface area contributed by atoms with Gasteiger partial charge in [-0.05, 0) is 28.3 Å². The zero-order valence-corrected chi connectivity index (χ0v) is 18.9. The van der Waals surface area contributed by atoms with Crippen molar-refractivity contribution in [2.24, 2.45) is 0 Å². The molecular formula is C25H33NO2Si. The van der Waals surface area contributed by atoms with E-state index < -0.39 is 8.32 Å². The molecule has 0 aromatic heterocycles. The number of aliphatic hydroxyl groups excluding tert-OH is 1. The summed E-state index contributed by atoms with van der Waals surface area (Å²) in [5.74, 6) is 0. The lowest BCUT2D eigenvalue weighted by Gasteiger charge is -2.44. The molecule has 2 aliphatic rings. The monoisotopic (exact) mass is 407 g/mol. The van der Waals surface area contributed by atoms with Crippen molar-refractivity contribution in [2.75, 3.05) is 19.7 Å². The Hall–Kier alpha value is -1.72. The molecule has 0 spiro atoms. The summed E-state index contributed by atoms with van der Waals surface area (Å²) in [6.07, 6.45) is 1.86. The maximum Gasteiger partial charge on any atom is 0.261 e. The van der Waals surface area contributed by atoms with E-state index in [9.17, 15) is 5.11 Å². The van der Waals surface area contributed by atoms with Crippen LogP contribution >= 0.6 is 0 Å². The minimum absolute atomic E-state index is 0.0291. The Morgan fingerprint density at radius 3 is 2.07 bits per heavy atom. The fraction of sp³-hybridized carbons (Fsp3) is 0.440. The molecule has 29 heavy (non-hydrogen) atoms. The van der Waals surface area contributed by atoms with E-state index >= 15 is 0 Å². The van der Waals surface area contributed by atoms with Gasteiger partial charge in [-0.1, -0.05) is 93.6 Å². The number of rotatable bonds is 5. The molecule has 4 rings (SSSR count). The third-order valence-electron chi connectivity index (χ3n) is 6.75. The van der Waals surface area contributed by atoms with E-state index in [0.29, 0.717) is 0 Å². The molecule has 0 saturated carbocycles. The molecule has 0 aliphatic carbocycles. The first-order valence-corrected chi connectivity index (χ1v) is 12.5. The molecule has 154 valence electrons. The van der Waals surface area contributed by atoms with Crippen molar-refractivity contribution in [2.45, 2.75) is 50.3 Å². The zero-order valence-electron chi connectivity index (χ0n) is 17.9. The van der Waals surface area contributed by atoms with Gasteiger partial charge in [0.2, 0.25) is 0 Å². The summed E-state index contributed by atoms with van der Waals surface area (Å²) in [4.78, 5) is 2.40. The van der Waals surface area contributed by atoms with Crippen LogP contribution < -0.4 is 10.4 Å². The molecule has 1 N–H and O–H groups in total. The summed E-state index contributed by atoms with van der Waals surface area (Å²) in [6, 6.07) is 21.6. The summed E-state index contributed by atoms with van der Waals surface area (Å²) < 4.78 is 7.29. The van der Waals surface area contributed by atoms with E-state index in [1.165, 1.54) is 15.9 Å². The van der Waals surface area contributed by atoms with Crippen molar-refractivity contribution in [1.29, 1.82) is 0 Å². The Morgan fingerprint density at radius 2 is 1.62 bits per heavy atom. The highest BCUT2D eigenvalue weighted by Gasteiger charge is 2.56. The lowest BCUT2D eigenvalue weighted by atomic mass is 9.93. The summed E-state index contributed by atoms with van der Waals surface area (Å²) in [5.41, 5.74) is 1.04. The van der Waals surface area contributed by atoms with E-state index in [1.807, 2.05) is 0 Å². The predicted molar refractivity (Wildman–Crippen MR) is 122 cm³/mol. The summed E-state index contributed by atoms with van der Waals surface area (Å²) >= 11 is 0. The molecule has 2 saturated heterocycles. The molecule has 2 atom stereocenters. The van der Waals surface area contributed by atoms with E-state index in [0.717, 1.165) is 25.9 Å². The van der Waals surface area contributed by atoms with Gasteiger partial charge in [-0.3, -0.25) is 4.90 Å². The maximum absolute atomic E-state index is 10.2. The van der Waals surface area contributed by atoms with Crippen LogP contribution in [0.4, 0.5) is 0 Å². The standard InChI is InChI=1S/C25H33NO2Si/c1-20-15-25(19-27)16-21(18-26(25)17-20)28-29(24(2,3)4,22-11-7-5-8-12-22)23-13-9-6-10-14-23/h5-14,21,27H,1,15-19H2,2-4H3/t21-,25-/m1/s1. The molecule has 2 aromatic carbocycles. The minimum Gasteiger partial charge on any atom is -0.403 e. The Morgan fingerprint density at radius 1 is 1.07 bits per heavy atom. The smallest absolute Gasteiger partial charge is 0.261 e. The number of hydrogen-bond acceptors (Lipinski definition) is 3. The highest BCUT2D eigenvalue weighted by Crippen LogP contribution is 2.44. The molecule has 3 nitrogen and oxygen atoms in total. The fourth-order valence-electron chi connectivity index (χ4n) is 5.50. The maximum atomic E-state index is 10.2. The van der Waals surface area contributed by atoms with Gasteiger partial charge in [0.1, 0.15) is 0 Å². The molecule has 2 aromatic rings. The summed E-state index contributed by atoms with van der Waals surface area (Å²) in [7, 11) is -2.56. The first kappa shape index (κ1) is 20.5. The Kier molecular flexibility index (Phi) is 5.32. The van der Waals surface area contributed by atoms with Crippen molar-refractivity contribution >= 4 is 18.7 Å². The van der Waals surface area contributed by atoms with Gasteiger partial charge in [0.15, 0.2) is 0 Å². The van der Waals surface area contributed by atoms with Crippen LogP contribution in [0.2, 0.25) is 5.04 Å². The topological polar surface area (TPSA) is 32.7 Å². The Labute approximate surface area is 176 Å². The first-order valence-electron chi connectivity index (χ1n) is 10.6. The summed E-state index contributed by atoms with van der Waals surface area (Å²) in [6.45, 7) is 13.0. The molecule has 0 amide bonds. The lowest BCUT2D eigenvalue weighted by molar-refractivity contribution is 0.0993. The van der Waals surface area contributed by atoms with Gasteiger partial charge in [0.05, 0.1) is 18.2 Å². The van der Waals surface area contributed by atoms with Gasteiger partial charge in [-0.2, -0.15) is 0 Å². The van der Waals surface area contributed by atoms with Crippen LogP contribution in [0.1, 0.15) is 33.6 Å². The average Bonchev–Trinajstić information content (AvgIpc) is 3.18. The van der Waals surface area contributed by atoms with Crippen LogP contribution in [0.25, 0.3) is 0 Å². The highest BCUT2D eigenvalue weighted by molar-refractivity contribution is 6.99.